The number of nitrogens with one attached hydrogen (secondary N) is 2. The van der Waals surface area contributed by atoms with Crippen LogP contribution >= 0.6 is 0 Å². The Bertz CT molecular complexity index is 2310. The van der Waals surface area contributed by atoms with Gasteiger partial charge in [0, 0.05) is 50.2 Å². The lowest BCUT2D eigenvalue weighted by atomic mass is 9.96. The summed E-state index contributed by atoms with van der Waals surface area (Å²) in [4.78, 5) is 9.79. The van der Waals surface area contributed by atoms with Gasteiger partial charge >= 0.3 is 0 Å². The molecular formula is C38H26N4O2. The summed E-state index contributed by atoms with van der Waals surface area (Å²) in [5, 5.41) is 10.5. The second kappa shape index (κ2) is 9.85. The van der Waals surface area contributed by atoms with Gasteiger partial charge in [0.2, 0.25) is 0 Å². The molecule has 1 atom stereocenters. The molecule has 5 aromatic carbocycles. The van der Waals surface area contributed by atoms with Gasteiger partial charge in [0.1, 0.15) is 40.3 Å². The van der Waals surface area contributed by atoms with Gasteiger partial charge in [-0.25, -0.2) is 4.99 Å². The first kappa shape index (κ1) is 24.7. The van der Waals surface area contributed by atoms with Gasteiger partial charge in [-0.05, 0) is 11.6 Å². The summed E-state index contributed by atoms with van der Waals surface area (Å²) in [5.74, 6) is 2.47. The van der Waals surface area contributed by atoms with E-state index in [4.69, 9.17) is 18.8 Å². The fourth-order valence-electron chi connectivity index (χ4n) is 6.39. The number of hydrogen-bond donors (Lipinski definition) is 2. The smallest absolute Gasteiger partial charge is 0.148 e. The van der Waals surface area contributed by atoms with Crippen LogP contribution in [0, 0.1) is 0 Å². The molecule has 2 aliphatic rings. The predicted octanol–water partition coefficient (Wildman–Crippen LogP) is 8.59. The molecule has 0 aliphatic carbocycles. The average molecular weight is 571 g/mol. The maximum Gasteiger partial charge on any atom is 0.148 e. The Labute approximate surface area is 253 Å². The summed E-state index contributed by atoms with van der Waals surface area (Å²) in [5.41, 5.74) is 8.60. The summed E-state index contributed by atoms with van der Waals surface area (Å²) in [6.07, 6.45) is 1.67. The lowest BCUT2D eigenvalue weighted by Gasteiger charge is -2.29. The second-order valence-electron chi connectivity index (χ2n) is 11.0. The second-order valence-corrected chi connectivity index (χ2v) is 11.0. The molecule has 0 bridgehead atoms. The lowest BCUT2D eigenvalue weighted by molar-refractivity contribution is 0.550. The molecule has 4 heterocycles. The zero-order chi connectivity index (χ0) is 29.0. The van der Waals surface area contributed by atoms with E-state index in [2.05, 4.69) is 77.4 Å². The van der Waals surface area contributed by atoms with Crippen molar-refractivity contribution in [1.29, 1.82) is 0 Å². The number of aliphatic imine (C=N–C) groups is 2. The first-order chi connectivity index (χ1) is 21.8. The van der Waals surface area contributed by atoms with E-state index < -0.39 is 0 Å². The number of rotatable bonds is 3. The quantitative estimate of drug-likeness (QED) is 0.223. The van der Waals surface area contributed by atoms with E-state index in [1.807, 2.05) is 60.8 Å². The Hall–Kier alpha value is -5.88. The van der Waals surface area contributed by atoms with E-state index in [-0.39, 0.29) is 6.17 Å². The van der Waals surface area contributed by atoms with Crippen molar-refractivity contribution in [3.05, 3.63) is 150 Å². The summed E-state index contributed by atoms with van der Waals surface area (Å²) < 4.78 is 13.1. The van der Waals surface area contributed by atoms with Crippen LogP contribution in [-0.2, 0) is 6.54 Å². The normalized spacial score (nSPS) is 17.8. The number of fused-ring (bicyclic) bond motifs is 6. The van der Waals surface area contributed by atoms with Crippen molar-refractivity contribution in [1.82, 2.24) is 10.6 Å². The van der Waals surface area contributed by atoms with E-state index in [0.717, 1.165) is 83.7 Å². The third kappa shape index (κ3) is 3.88. The molecule has 0 saturated carbocycles. The molecule has 0 saturated heterocycles. The molecule has 0 fully saturated rings. The first-order valence-corrected chi connectivity index (χ1v) is 14.7. The van der Waals surface area contributed by atoms with Crippen molar-refractivity contribution in [2.75, 3.05) is 0 Å². The van der Waals surface area contributed by atoms with Crippen LogP contribution in [0.4, 0.5) is 0 Å². The highest BCUT2D eigenvalue weighted by Gasteiger charge is 2.28. The van der Waals surface area contributed by atoms with Crippen molar-refractivity contribution in [2.45, 2.75) is 12.7 Å². The molecular weight excluding hydrogens is 544 g/mol. The first-order valence-electron chi connectivity index (χ1n) is 14.7. The van der Waals surface area contributed by atoms with E-state index in [1.165, 1.54) is 0 Å². The van der Waals surface area contributed by atoms with Gasteiger partial charge in [-0.2, -0.15) is 0 Å². The minimum atomic E-state index is -0.270. The van der Waals surface area contributed by atoms with E-state index in [9.17, 15) is 0 Å². The molecule has 1 unspecified atom stereocenters. The Morgan fingerprint density at radius 2 is 1.32 bits per heavy atom. The number of benzene rings is 5. The standard InChI is InChI=1S/C38H26N4O2/c1-3-11-23(12-4-1)36-40-37(24-13-5-2-6-14-24)42-38(41-36)30-21-39-22-32-33(30)29-19-10-18-28(35(29)44-32)27-17-9-16-26-25-15-7-8-20-31(25)43-34(26)27/h1-21,36,41H,22H2,(H,40,42). The van der Waals surface area contributed by atoms with Crippen LogP contribution in [0.15, 0.2) is 146 Å². The Balaban J connectivity index is 1.23. The van der Waals surface area contributed by atoms with E-state index >= 15 is 0 Å². The fourth-order valence-corrected chi connectivity index (χ4v) is 6.39. The molecule has 0 radical (unpaired) electrons. The van der Waals surface area contributed by atoms with Crippen molar-refractivity contribution >= 4 is 50.5 Å². The van der Waals surface area contributed by atoms with Gasteiger partial charge in [0.15, 0.2) is 0 Å². The van der Waals surface area contributed by atoms with Gasteiger partial charge in [-0.3, -0.25) is 4.99 Å². The molecule has 6 heteroatoms. The molecule has 2 aromatic heterocycles. The number of hydrogen-bond acceptors (Lipinski definition) is 6. The molecule has 210 valence electrons. The third-order valence-electron chi connectivity index (χ3n) is 8.42. The zero-order valence-corrected chi connectivity index (χ0v) is 23.6. The Kier molecular flexibility index (Phi) is 5.53. The SMILES string of the molecule is C1=NCc2oc3c(-c4cccc5c4oc4ccccc45)cccc3c2C1=C1NC(c2ccccc2)=NC(c2ccccc2)N1. The van der Waals surface area contributed by atoms with Crippen molar-refractivity contribution in [2.24, 2.45) is 9.98 Å². The molecule has 2 N–H and O–H groups in total. The van der Waals surface area contributed by atoms with Crippen LogP contribution in [0.1, 0.15) is 28.6 Å². The monoisotopic (exact) mass is 570 g/mol. The predicted molar refractivity (Wildman–Crippen MR) is 176 cm³/mol. The van der Waals surface area contributed by atoms with Gasteiger partial charge in [-0.1, -0.05) is 115 Å². The number of nitrogens with zero attached hydrogens (tertiary/aromatic N) is 2. The molecule has 0 amide bonds. The third-order valence-corrected chi connectivity index (χ3v) is 8.42. The highest BCUT2D eigenvalue weighted by Crippen LogP contribution is 2.43. The van der Waals surface area contributed by atoms with Gasteiger partial charge in [0.05, 0.1) is 6.54 Å². The molecule has 2 aliphatic heterocycles. The fraction of sp³-hybridized carbons (Fsp3) is 0.0526. The molecule has 9 rings (SSSR count). The minimum Gasteiger partial charge on any atom is -0.458 e. The van der Waals surface area contributed by atoms with Crippen LogP contribution in [-0.4, -0.2) is 12.1 Å². The van der Waals surface area contributed by atoms with E-state index in [1.54, 1.807) is 0 Å². The molecule has 7 aromatic rings. The number of furan rings is 2. The van der Waals surface area contributed by atoms with Crippen LogP contribution in [0.3, 0.4) is 0 Å². The van der Waals surface area contributed by atoms with Crippen LogP contribution in [0.2, 0.25) is 0 Å². The van der Waals surface area contributed by atoms with Crippen LogP contribution in [0.5, 0.6) is 0 Å². The lowest BCUT2D eigenvalue weighted by Crippen LogP contribution is -2.41. The van der Waals surface area contributed by atoms with E-state index in [0.29, 0.717) is 6.54 Å². The van der Waals surface area contributed by atoms with Crippen LogP contribution < -0.4 is 10.6 Å². The maximum absolute atomic E-state index is 6.67. The summed E-state index contributed by atoms with van der Waals surface area (Å²) in [7, 11) is 0. The Morgan fingerprint density at radius 3 is 2.14 bits per heavy atom. The van der Waals surface area contributed by atoms with Crippen LogP contribution in [0.25, 0.3) is 49.6 Å². The summed E-state index contributed by atoms with van der Waals surface area (Å²) in [6.45, 7) is 0.469. The zero-order valence-electron chi connectivity index (χ0n) is 23.6. The van der Waals surface area contributed by atoms with Crippen molar-refractivity contribution in [3.8, 4) is 11.1 Å². The summed E-state index contributed by atoms with van der Waals surface area (Å²) >= 11 is 0. The largest absolute Gasteiger partial charge is 0.458 e. The molecule has 44 heavy (non-hydrogen) atoms. The highest BCUT2D eigenvalue weighted by atomic mass is 16.3. The molecule has 0 spiro atoms. The van der Waals surface area contributed by atoms with Crippen molar-refractivity contribution < 1.29 is 8.83 Å². The van der Waals surface area contributed by atoms with Crippen molar-refractivity contribution in [3.63, 3.8) is 0 Å². The van der Waals surface area contributed by atoms with Gasteiger partial charge in [0.25, 0.3) is 0 Å². The average Bonchev–Trinajstić information content (AvgIpc) is 3.68. The minimum absolute atomic E-state index is 0.270. The topological polar surface area (TPSA) is 75.1 Å². The van der Waals surface area contributed by atoms with Gasteiger partial charge < -0.3 is 19.5 Å². The summed E-state index contributed by atoms with van der Waals surface area (Å²) in [6, 6.07) is 41.3. The van der Waals surface area contributed by atoms with Gasteiger partial charge in [-0.15, -0.1) is 0 Å². The maximum atomic E-state index is 6.67. The number of amidine groups is 1. The molecule has 6 nitrogen and oxygen atoms in total. The number of allylic oxidation sites excluding steroid dienone is 1. The highest BCUT2D eigenvalue weighted by molar-refractivity contribution is 6.19. The Morgan fingerprint density at radius 1 is 0.636 bits per heavy atom. The number of para-hydroxylation sites is 3.